The second-order valence-corrected chi connectivity index (χ2v) is 4.48. The lowest BCUT2D eigenvalue weighted by Crippen LogP contribution is -2.39. The maximum Gasteiger partial charge on any atom is 0.0943 e. The molecule has 1 heterocycles. The van der Waals surface area contributed by atoms with Crippen molar-refractivity contribution in [3.63, 3.8) is 0 Å². The van der Waals surface area contributed by atoms with Gasteiger partial charge in [0.25, 0.3) is 0 Å². The third-order valence-electron chi connectivity index (χ3n) is 4.08. The van der Waals surface area contributed by atoms with Gasteiger partial charge in [0.2, 0.25) is 0 Å². The summed E-state index contributed by atoms with van der Waals surface area (Å²) >= 11 is 0. The molecule has 84 valence electrons. The fourth-order valence-electron chi connectivity index (χ4n) is 2.63. The zero-order valence-corrected chi connectivity index (χ0v) is 9.97. The van der Waals surface area contributed by atoms with Gasteiger partial charge < -0.3 is 9.84 Å². The van der Waals surface area contributed by atoms with Crippen molar-refractivity contribution in [3.8, 4) is 0 Å². The smallest absolute Gasteiger partial charge is 0.0943 e. The van der Waals surface area contributed by atoms with E-state index in [1.165, 1.54) is 0 Å². The van der Waals surface area contributed by atoms with Crippen LogP contribution in [0.1, 0.15) is 59.8 Å². The number of ether oxygens (including phenoxy) is 1. The molecule has 0 aliphatic carbocycles. The summed E-state index contributed by atoms with van der Waals surface area (Å²) < 4.78 is 6.20. The second kappa shape index (κ2) is 4.19. The van der Waals surface area contributed by atoms with E-state index in [4.69, 9.17) is 4.74 Å². The molecule has 1 fully saturated rings. The maximum atomic E-state index is 10.1. The van der Waals surface area contributed by atoms with E-state index in [2.05, 4.69) is 27.7 Å². The third-order valence-corrected chi connectivity index (χ3v) is 4.08. The molecule has 0 amide bonds. The summed E-state index contributed by atoms with van der Waals surface area (Å²) in [5.41, 5.74) is -0.336. The third kappa shape index (κ3) is 1.70. The molecule has 1 saturated heterocycles. The van der Waals surface area contributed by atoms with E-state index in [-0.39, 0.29) is 17.3 Å². The van der Waals surface area contributed by atoms with E-state index < -0.39 is 0 Å². The molecule has 1 rings (SSSR count). The minimum atomic E-state index is -0.280. The van der Waals surface area contributed by atoms with Crippen LogP contribution in [0.5, 0.6) is 0 Å². The molecule has 1 atom stereocenters. The molecule has 0 aromatic carbocycles. The molecule has 1 aliphatic rings. The highest BCUT2D eigenvalue weighted by Gasteiger charge is 2.51. The minimum Gasteiger partial charge on any atom is -0.390 e. The second-order valence-electron chi connectivity index (χ2n) is 4.48. The fraction of sp³-hybridized carbons (Fsp3) is 1.00. The highest BCUT2D eigenvalue weighted by atomic mass is 16.5. The van der Waals surface area contributed by atoms with Crippen molar-refractivity contribution >= 4 is 0 Å². The topological polar surface area (TPSA) is 29.5 Å². The first-order valence-corrected chi connectivity index (χ1v) is 5.96. The summed E-state index contributed by atoms with van der Waals surface area (Å²) in [5, 5.41) is 10.1. The van der Waals surface area contributed by atoms with Gasteiger partial charge in [0.1, 0.15) is 0 Å². The van der Waals surface area contributed by atoms with Crippen LogP contribution in [-0.2, 0) is 4.74 Å². The molecule has 2 heteroatoms. The Hall–Kier alpha value is -0.0800. The van der Waals surface area contributed by atoms with Gasteiger partial charge in [-0.3, -0.25) is 0 Å². The molecule has 0 aromatic heterocycles. The Bertz CT molecular complexity index is 181. The standard InChI is InChI=1S/C12H24O2/c1-5-11(6-2)9-10(13)12(7-3,8-4)14-11/h10,13H,5-9H2,1-4H3. The zero-order valence-electron chi connectivity index (χ0n) is 9.97. The average molecular weight is 200 g/mol. The van der Waals surface area contributed by atoms with Gasteiger partial charge in [-0.25, -0.2) is 0 Å². The summed E-state index contributed by atoms with van der Waals surface area (Å²) in [4.78, 5) is 0. The maximum absolute atomic E-state index is 10.1. The average Bonchev–Trinajstić information content (AvgIpc) is 2.53. The van der Waals surface area contributed by atoms with Crippen LogP contribution in [0.4, 0.5) is 0 Å². The Morgan fingerprint density at radius 2 is 1.57 bits per heavy atom. The zero-order chi connectivity index (χ0) is 10.8. The first-order valence-electron chi connectivity index (χ1n) is 5.96. The lowest BCUT2D eigenvalue weighted by molar-refractivity contribution is -0.131. The molecule has 1 unspecified atom stereocenters. The Balaban J connectivity index is 2.85. The molecular weight excluding hydrogens is 176 g/mol. The van der Waals surface area contributed by atoms with Gasteiger partial charge in [-0.2, -0.15) is 0 Å². The molecule has 2 nitrogen and oxygen atoms in total. The molecule has 0 saturated carbocycles. The van der Waals surface area contributed by atoms with E-state index in [0.717, 1.165) is 32.1 Å². The quantitative estimate of drug-likeness (QED) is 0.756. The SMILES string of the molecule is CCC1(CC)CC(O)C(CC)(CC)O1. The molecule has 0 aromatic rings. The van der Waals surface area contributed by atoms with Gasteiger partial charge in [0, 0.05) is 6.42 Å². The summed E-state index contributed by atoms with van der Waals surface area (Å²) in [6.07, 6.45) is 4.35. The summed E-state index contributed by atoms with van der Waals surface area (Å²) in [7, 11) is 0. The molecular formula is C12H24O2. The number of rotatable bonds is 4. The van der Waals surface area contributed by atoms with Crippen molar-refractivity contribution < 1.29 is 9.84 Å². The minimum absolute atomic E-state index is 0.0641. The lowest BCUT2D eigenvalue weighted by atomic mass is 9.87. The van der Waals surface area contributed by atoms with E-state index in [0.29, 0.717) is 0 Å². The Labute approximate surface area is 87.7 Å². The predicted octanol–water partition coefficient (Wildman–Crippen LogP) is 2.89. The molecule has 0 radical (unpaired) electrons. The number of aliphatic hydroxyl groups is 1. The summed E-state index contributed by atoms with van der Waals surface area (Å²) in [6, 6.07) is 0. The van der Waals surface area contributed by atoms with Crippen molar-refractivity contribution in [2.45, 2.75) is 77.1 Å². The van der Waals surface area contributed by atoms with Gasteiger partial charge in [0.05, 0.1) is 17.3 Å². The van der Waals surface area contributed by atoms with Gasteiger partial charge >= 0.3 is 0 Å². The first-order chi connectivity index (χ1) is 6.58. The predicted molar refractivity (Wildman–Crippen MR) is 58.3 cm³/mol. The van der Waals surface area contributed by atoms with Crippen molar-refractivity contribution in [1.82, 2.24) is 0 Å². The van der Waals surface area contributed by atoms with Crippen molar-refractivity contribution in [2.75, 3.05) is 0 Å². The van der Waals surface area contributed by atoms with Crippen LogP contribution in [0.15, 0.2) is 0 Å². The van der Waals surface area contributed by atoms with Crippen molar-refractivity contribution in [3.05, 3.63) is 0 Å². The van der Waals surface area contributed by atoms with Gasteiger partial charge in [-0.1, -0.05) is 27.7 Å². The number of aliphatic hydroxyl groups excluding tert-OH is 1. The molecule has 0 spiro atoms. The van der Waals surface area contributed by atoms with Crippen LogP contribution in [-0.4, -0.2) is 22.4 Å². The summed E-state index contributed by atoms with van der Waals surface area (Å²) in [5.74, 6) is 0. The Morgan fingerprint density at radius 1 is 1.07 bits per heavy atom. The van der Waals surface area contributed by atoms with Crippen LogP contribution >= 0.6 is 0 Å². The van der Waals surface area contributed by atoms with Crippen molar-refractivity contribution in [2.24, 2.45) is 0 Å². The van der Waals surface area contributed by atoms with Crippen molar-refractivity contribution in [1.29, 1.82) is 0 Å². The fourth-order valence-corrected chi connectivity index (χ4v) is 2.63. The largest absolute Gasteiger partial charge is 0.390 e. The number of hydrogen-bond donors (Lipinski definition) is 1. The van der Waals surface area contributed by atoms with E-state index >= 15 is 0 Å². The van der Waals surface area contributed by atoms with E-state index in [1.54, 1.807) is 0 Å². The van der Waals surface area contributed by atoms with Crippen LogP contribution < -0.4 is 0 Å². The lowest BCUT2D eigenvalue weighted by Gasteiger charge is -2.33. The highest BCUT2D eigenvalue weighted by molar-refractivity contribution is 5.01. The Morgan fingerprint density at radius 3 is 1.79 bits per heavy atom. The van der Waals surface area contributed by atoms with Crippen LogP contribution in [0.3, 0.4) is 0 Å². The highest BCUT2D eigenvalue weighted by Crippen LogP contribution is 2.45. The summed E-state index contributed by atoms with van der Waals surface area (Å²) in [6.45, 7) is 8.51. The van der Waals surface area contributed by atoms with Crippen LogP contribution in [0.25, 0.3) is 0 Å². The monoisotopic (exact) mass is 200 g/mol. The molecule has 0 bridgehead atoms. The molecule has 14 heavy (non-hydrogen) atoms. The molecule has 1 aliphatic heterocycles. The molecule has 1 N–H and O–H groups in total. The van der Waals surface area contributed by atoms with Gasteiger partial charge in [-0.15, -0.1) is 0 Å². The number of hydrogen-bond acceptors (Lipinski definition) is 2. The normalized spacial score (nSPS) is 29.4. The van der Waals surface area contributed by atoms with E-state index in [9.17, 15) is 5.11 Å². The Kier molecular flexibility index (Phi) is 3.59. The van der Waals surface area contributed by atoms with Gasteiger partial charge in [0.15, 0.2) is 0 Å². The van der Waals surface area contributed by atoms with Crippen LogP contribution in [0, 0.1) is 0 Å². The van der Waals surface area contributed by atoms with E-state index in [1.807, 2.05) is 0 Å². The first kappa shape index (κ1) is 12.0. The van der Waals surface area contributed by atoms with Crippen LogP contribution in [0.2, 0.25) is 0 Å². The van der Waals surface area contributed by atoms with Gasteiger partial charge in [-0.05, 0) is 25.7 Å².